The minimum absolute atomic E-state index is 0.0722. The molecule has 0 saturated heterocycles. The lowest BCUT2D eigenvalue weighted by Gasteiger charge is -2.36. The van der Waals surface area contributed by atoms with Crippen LogP contribution < -0.4 is 5.73 Å². The minimum atomic E-state index is -0.0722. The third kappa shape index (κ3) is 1.87. The number of hydrogen-bond donors (Lipinski definition) is 1. The van der Waals surface area contributed by atoms with Crippen LogP contribution in [0.25, 0.3) is 11.4 Å². The van der Waals surface area contributed by atoms with Gasteiger partial charge in [-0.15, -0.1) is 0 Å². The van der Waals surface area contributed by atoms with Gasteiger partial charge in [0.05, 0.1) is 5.41 Å². The minimum Gasteiger partial charge on any atom is -0.338 e. The van der Waals surface area contributed by atoms with E-state index in [1.165, 1.54) is 6.42 Å². The van der Waals surface area contributed by atoms with Crippen molar-refractivity contribution in [3.05, 3.63) is 34.6 Å². The number of aromatic nitrogens is 2. The lowest BCUT2D eigenvalue weighted by Crippen LogP contribution is -2.41. The van der Waals surface area contributed by atoms with E-state index in [0.717, 1.165) is 22.9 Å². The zero-order chi connectivity index (χ0) is 12.6. The van der Waals surface area contributed by atoms with E-state index in [-0.39, 0.29) is 5.41 Å². The van der Waals surface area contributed by atoms with Gasteiger partial charge in [0.15, 0.2) is 0 Å². The van der Waals surface area contributed by atoms with Crippen molar-refractivity contribution in [3.8, 4) is 11.4 Å². The molecule has 0 aliphatic heterocycles. The Morgan fingerprint density at radius 2 is 2.22 bits per heavy atom. The molecule has 5 heteroatoms. The highest BCUT2D eigenvalue weighted by molar-refractivity contribution is 9.10. The van der Waals surface area contributed by atoms with Crippen LogP contribution in [0, 0.1) is 0 Å². The summed E-state index contributed by atoms with van der Waals surface area (Å²) in [5.74, 6) is 1.32. The van der Waals surface area contributed by atoms with Gasteiger partial charge in [0, 0.05) is 16.6 Å². The van der Waals surface area contributed by atoms with Crippen LogP contribution >= 0.6 is 15.9 Å². The molecule has 1 fully saturated rings. The number of nitrogens with two attached hydrogens (primary N) is 1. The fourth-order valence-corrected chi connectivity index (χ4v) is 2.69. The number of halogens is 1. The third-order valence-electron chi connectivity index (χ3n) is 3.66. The van der Waals surface area contributed by atoms with Crippen molar-refractivity contribution in [1.82, 2.24) is 10.1 Å². The van der Waals surface area contributed by atoms with Crippen molar-refractivity contribution in [1.29, 1.82) is 0 Å². The molecule has 1 aliphatic carbocycles. The molecule has 0 radical (unpaired) electrons. The van der Waals surface area contributed by atoms with Gasteiger partial charge in [-0.3, -0.25) is 0 Å². The van der Waals surface area contributed by atoms with Gasteiger partial charge in [-0.2, -0.15) is 4.98 Å². The Balaban J connectivity index is 1.94. The van der Waals surface area contributed by atoms with Gasteiger partial charge < -0.3 is 10.3 Å². The highest BCUT2D eigenvalue weighted by Crippen LogP contribution is 2.42. The summed E-state index contributed by atoms with van der Waals surface area (Å²) in [7, 11) is 0. The lowest BCUT2D eigenvalue weighted by molar-refractivity contribution is 0.182. The first-order valence-electron chi connectivity index (χ1n) is 6.04. The smallest absolute Gasteiger partial charge is 0.234 e. The molecule has 0 spiro atoms. The molecule has 94 valence electrons. The van der Waals surface area contributed by atoms with Gasteiger partial charge in [-0.05, 0) is 25.0 Å². The summed E-state index contributed by atoms with van der Waals surface area (Å²) in [6.07, 6.45) is 3.28. The van der Waals surface area contributed by atoms with Crippen molar-refractivity contribution < 1.29 is 4.52 Å². The highest BCUT2D eigenvalue weighted by atomic mass is 79.9. The predicted molar refractivity (Wildman–Crippen MR) is 72.0 cm³/mol. The van der Waals surface area contributed by atoms with Crippen LogP contribution in [0.3, 0.4) is 0 Å². The average Bonchev–Trinajstić information content (AvgIpc) is 2.78. The maximum absolute atomic E-state index is 5.84. The van der Waals surface area contributed by atoms with E-state index >= 15 is 0 Å². The molecule has 1 aliphatic rings. The van der Waals surface area contributed by atoms with Crippen LogP contribution in [0.1, 0.15) is 25.2 Å². The Bertz CT molecular complexity index is 557. The van der Waals surface area contributed by atoms with Crippen LogP contribution in [0.5, 0.6) is 0 Å². The predicted octanol–water partition coefficient (Wildman–Crippen LogP) is 2.88. The molecule has 4 nitrogen and oxygen atoms in total. The Hall–Kier alpha value is -1.20. The molecule has 3 rings (SSSR count). The van der Waals surface area contributed by atoms with E-state index in [4.69, 9.17) is 10.3 Å². The topological polar surface area (TPSA) is 64.9 Å². The molecule has 0 amide bonds. The van der Waals surface area contributed by atoms with Gasteiger partial charge in [0.2, 0.25) is 11.7 Å². The number of hydrogen-bond acceptors (Lipinski definition) is 4. The van der Waals surface area contributed by atoms with Gasteiger partial charge in [0.25, 0.3) is 0 Å². The zero-order valence-corrected chi connectivity index (χ0v) is 11.5. The Morgan fingerprint density at radius 1 is 1.39 bits per heavy atom. The second-order valence-electron chi connectivity index (χ2n) is 4.77. The molecule has 1 heterocycles. The molecule has 1 aromatic carbocycles. The summed E-state index contributed by atoms with van der Waals surface area (Å²) < 4.78 is 6.40. The zero-order valence-electron chi connectivity index (χ0n) is 9.90. The Labute approximate surface area is 114 Å². The van der Waals surface area contributed by atoms with Gasteiger partial charge in [-0.25, -0.2) is 0 Å². The molecule has 18 heavy (non-hydrogen) atoms. The summed E-state index contributed by atoms with van der Waals surface area (Å²) in [5.41, 5.74) is 6.72. The summed E-state index contributed by atoms with van der Waals surface area (Å²) >= 11 is 3.44. The second-order valence-corrected chi connectivity index (χ2v) is 5.69. The fourth-order valence-electron chi connectivity index (χ4n) is 2.29. The first kappa shape index (κ1) is 11.9. The third-order valence-corrected chi connectivity index (χ3v) is 4.16. The standard InChI is InChI=1S/C13H14BrN3O/c14-10-4-1-3-9(7-10)11-16-12(18-17-11)13(8-15)5-2-6-13/h1,3-4,7H,2,5-6,8,15H2. The number of nitrogens with zero attached hydrogens (tertiary/aromatic N) is 2. The largest absolute Gasteiger partial charge is 0.338 e. The van der Waals surface area contributed by atoms with Crippen LogP contribution in [0.15, 0.2) is 33.3 Å². The van der Waals surface area contributed by atoms with E-state index in [9.17, 15) is 0 Å². The Morgan fingerprint density at radius 3 is 2.83 bits per heavy atom. The maximum Gasteiger partial charge on any atom is 0.234 e. The van der Waals surface area contributed by atoms with E-state index in [1.54, 1.807) is 0 Å². The molecule has 2 aromatic rings. The number of rotatable bonds is 3. The molecular weight excluding hydrogens is 294 g/mol. The van der Waals surface area contributed by atoms with Crippen molar-refractivity contribution in [2.75, 3.05) is 6.54 Å². The summed E-state index contributed by atoms with van der Waals surface area (Å²) in [4.78, 5) is 4.51. The van der Waals surface area contributed by atoms with Crippen molar-refractivity contribution in [2.45, 2.75) is 24.7 Å². The first-order valence-corrected chi connectivity index (χ1v) is 6.83. The van der Waals surface area contributed by atoms with Crippen molar-refractivity contribution in [2.24, 2.45) is 5.73 Å². The second kappa shape index (κ2) is 4.48. The van der Waals surface area contributed by atoms with Crippen molar-refractivity contribution in [3.63, 3.8) is 0 Å². The monoisotopic (exact) mass is 307 g/mol. The lowest BCUT2D eigenvalue weighted by atomic mass is 9.69. The summed E-state index contributed by atoms with van der Waals surface area (Å²) in [6, 6.07) is 7.87. The maximum atomic E-state index is 5.84. The molecule has 0 bridgehead atoms. The quantitative estimate of drug-likeness (QED) is 0.947. The van der Waals surface area contributed by atoms with E-state index in [1.807, 2.05) is 24.3 Å². The first-order chi connectivity index (χ1) is 8.73. The molecule has 0 unspecified atom stereocenters. The van der Waals surface area contributed by atoms with Gasteiger partial charge in [0.1, 0.15) is 0 Å². The van der Waals surface area contributed by atoms with E-state index < -0.39 is 0 Å². The summed E-state index contributed by atoms with van der Waals surface area (Å²) in [6.45, 7) is 0.577. The van der Waals surface area contributed by atoms with Crippen molar-refractivity contribution >= 4 is 15.9 Å². The SMILES string of the molecule is NCC1(c2nc(-c3cccc(Br)c3)no2)CCC1. The normalized spacial score (nSPS) is 17.4. The molecule has 2 N–H and O–H groups in total. The van der Waals surface area contributed by atoms with Gasteiger partial charge in [-0.1, -0.05) is 39.6 Å². The average molecular weight is 308 g/mol. The molecular formula is C13H14BrN3O. The summed E-state index contributed by atoms with van der Waals surface area (Å²) in [5, 5.41) is 4.06. The fraction of sp³-hybridized carbons (Fsp3) is 0.385. The van der Waals surface area contributed by atoms with Crippen LogP contribution in [-0.2, 0) is 5.41 Å². The highest BCUT2D eigenvalue weighted by Gasteiger charge is 2.42. The van der Waals surface area contributed by atoms with Crippen LogP contribution in [0.4, 0.5) is 0 Å². The van der Waals surface area contributed by atoms with Crippen LogP contribution in [-0.4, -0.2) is 16.7 Å². The van der Waals surface area contributed by atoms with Crippen LogP contribution in [0.2, 0.25) is 0 Å². The molecule has 0 atom stereocenters. The number of benzene rings is 1. The van der Waals surface area contributed by atoms with E-state index in [0.29, 0.717) is 18.3 Å². The van der Waals surface area contributed by atoms with E-state index in [2.05, 4.69) is 26.1 Å². The Kier molecular flexibility index (Phi) is 2.95. The molecule has 1 saturated carbocycles. The molecule has 1 aromatic heterocycles. The van der Waals surface area contributed by atoms with Gasteiger partial charge >= 0.3 is 0 Å².